The van der Waals surface area contributed by atoms with Crippen molar-refractivity contribution in [3.8, 4) is 0 Å². The number of hydrogen-bond acceptors (Lipinski definition) is 1. The van der Waals surface area contributed by atoms with Gasteiger partial charge in [-0.05, 0) is 0 Å². The minimum absolute atomic E-state index is 1.94. The van der Waals surface area contributed by atoms with Crippen LogP contribution in [0.25, 0.3) is 0 Å². The molecule has 0 aromatic heterocycles. The van der Waals surface area contributed by atoms with Crippen LogP contribution < -0.4 is 0 Å². The van der Waals surface area contributed by atoms with E-state index in [9.17, 15) is 30.7 Å². The van der Waals surface area contributed by atoms with Crippen LogP contribution in [0.2, 0.25) is 0 Å². The minimum atomic E-state index is -3.67. The summed E-state index contributed by atoms with van der Waals surface area (Å²) in [5, 5.41) is 8.61. The van der Waals surface area contributed by atoms with Crippen LogP contribution in [0.5, 0.6) is 0 Å². The van der Waals surface area contributed by atoms with Crippen molar-refractivity contribution in [2.75, 3.05) is 0 Å². The predicted molar refractivity (Wildman–Crippen MR) is 37.2 cm³/mol. The summed E-state index contributed by atoms with van der Waals surface area (Å²) < 4.78 is 86.9. The van der Waals surface area contributed by atoms with Crippen LogP contribution in [0.4, 0.5) is 30.7 Å². The Morgan fingerprint density at radius 3 is 1.31 bits per heavy atom. The second-order valence-corrected chi connectivity index (χ2v) is 2.76. The van der Waals surface area contributed by atoms with Gasteiger partial charge in [-0.1, -0.05) is 0 Å². The second-order valence-electron chi connectivity index (χ2n) is 2.76. The zero-order valence-corrected chi connectivity index (χ0v) is 7.25. The molecular formula is C8H3F7O. The highest BCUT2D eigenvalue weighted by molar-refractivity contribution is 5.26. The number of halogens is 7. The summed E-state index contributed by atoms with van der Waals surface area (Å²) in [6, 6.07) is 0. The number of hydrogen-bond donors (Lipinski definition) is 1. The van der Waals surface area contributed by atoms with Crippen molar-refractivity contribution < 1.29 is 35.8 Å². The molecule has 1 nitrogen and oxygen atoms in total. The van der Waals surface area contributed by atoms with Gasteiger partial charge in [-0.15, -0.1) is 0 Å². The van der Waals surface area contributed by atoms with E-state index in [0.717, 1.165) is 0 Å². The molecule has 0 saturated heterocycles. The Labute approximate surface area is 84.1 Å². The molecule has 1 aromatic rings. The molecule has 0 fully saturated rings. The Bertz CT molecular complexity index is 388. The fourth-order valence-electron chi connectivity index (χ4n) is 1.01. The third-order valence-corrected chi connectivity index (χ3v) is 1.78. The van der Waals surface area contributed by atoms with E-state index in [1.165, 1.54) is 0 Å². The van der Waals surface area contributed by atoms with Crippen molar-refractivity contribution in [3.05, 3.63) is 34.6 Å². The molecule has 1 rings (SSSR count). The highest BCUT2D eigenvalue weighted by atomic mass is 19.3. The number of alkyl halides is 2. The second kappa shape index (κ2) is 4.28. The Morgan fingerprint density at radius 2 is 1.00 bits per heavy atom. The molecule has 0 saturated carbocycles. The lowest BCUT2D eigenvalue weighted by Gasteiger charge is -2.13. The zero-order chi connectivity index (χ0) is 12.6. The third kappa shape index (κ3) is 1.84. The van der Waals surface area contributed by atoms with E-state index in [-0.39, 0.29) is 0 Å². The maximum Gasteiger partial charge on any atom is 0.268 e. The number of aliphatic hydroxyl groups excluding tert-OH is 1. The van der Waals surface area contributed by atoms with Gasteiger partial charge in [0.15, 0.2) is 23.3 Å². The van der Waals surface area contributed by atoms with E-state index in [2.05, 4.69) is 0 Å². The Kier molecular flexibility index (Phi) is 3.41. The predicted octanol–water partition coefficient (Wildman–Crippen LogP) is 2.68. The van der Waals surface area contributed by atoms with Gasteiger partial charge in [0.1, 0.15) is 6.10 Å². The number of rotatable bonds is 2. The molecule has 0 radical (unpaired) electrons. The quantitative estimate of drug-likeness (QED) is 0.484. The first kappa shape index (κ1) is 12.8. The first-order valence-electron chi connectivity index (χ1n) is 3.76. The van der Waals surface area contributed by atoms with Crippen LogP contribution in [0.15, 0.2) is 0 Å². The fourth-order valence-corrected chi connectivity index (χ4v) is 1.01. The lowest BCUT2D eigenvalue weighted by molar-refractivity contribution is -0.0107. The van der Waals surface area contributed by atoms with Gasteiger partial charge in [0, 0.05) is 0 Å². The summed E-state index contributed by atoms with van der Waals surface area (Å²) in [5.74, 6) is -12.2. The highest BCUT2D eigenvalue weighted by Crippen LogP contribution is 2.30. The molecule has 16 heavy (non-hydrogen) atoms. The van der Waals surface area contributed by atoms with Crippen molar-refractivity contribution in [3.63, 3.8) is 0 Å². The summed E-state index contributed by atoms with van der Waals surface area (Å²) in [6.07, 6.45) is -6.75. The summed E-state index contributed by atoms with van der Waals surface area (Å²) in [4.78, 5) is 0. The van der Waals surface area contributed by atoms with Gasteiger partial charge in [-0.25, -0.2) is 30.7 Å². The van der Waals surface area contributed by atoms with Crippen LogP contribution in [0.3, 0.4) is 0 Å². The summed E-state index contributed by atoms with van der Waals surface area (Å²) in [7, 11) is 0. The van der Waals surface area contributed by atoms with Crippen molar-refractivity contribution in [2.24, 2.45) is 0 Å². The lowest BCUT2D eigenvalue weighted by atomic mass is 10.1. The number of aliphatic hydroxyl groups is 1. The average molecular weight is 248 g/mol. The minimum Gasteiger partial charge on any atom is -0.382 e. The molecule has 0 spiro atoms. The van der Waals surface area contributed by atoms with Crippen molar-refractivity contribution in [2.45, 2.75) is 12.5 Å². The first-order chi connectivity index (χ1) is 7.29. The third-order valence-electron chi connectivity index (χ3n) is 1.78. The SMILES string of the molecule is OC(c1c(F)c(F)c(F)c(F)c1F)C(F)F. The fraction of sp³-hybridized carbons (Fsp3) is 0.250. The van der Waals surface area contributed by atoms with E-state index < -0.39 is 47.2 Å². The Morgan fingerprint density at radius 1 is 0.688 bits per heavy atom. The molecule has 0 bridgehead atoms. The topological polar surface area (TPSA) is 20.2 Å². The van der Waals surface area contributed by atoms with E-state index in [4.69, 9.17) is 5.11 Å². The molecule has 1 atom stereocenters. The van der Waals surface area contributed by atoms with Gasteiger partial charge in [-0.3, -0.25) is 0 Å². The zero-order valence-electron chi connectivity index (χ0n) is 7.25. The maximum absolute atomic E-state index is 12.8. The van der Waals surface area contributed by atoms with Crippen molar-refractivity contribution >= 4 is 0 Å². The molecule has 1 aromatic carbocycles. The molecular weight excluding hydrogens is 245 g/mol. The molecule has 90 valence electrons. The molecule has 0 aliphatic heterocycles. The highest BCUT2D eigenvalue weighted by Gasteiger charge is 2.33. The van der Waals surface area contributed by atoms with E-state index >= 15 is 0 Å². The van der Waals surface area contributed by atoms with Gasteiger partial charge < -0.3 is 5.11 Å². The summed E-state index contributed by atoms with van der Waals surface area (Å²) >= 11 is 0. The molecule has 8 heteroatoms. The molecule has 0 aliphatic carbocycles. The molecule has 0 amide bonds. The van der Waals surface area contributed by atoms with Gasteiger partial charge in [-0.2, -0.15) is 0 Å². The van der Waals surface area contributed by atoms with Gasteiger partial charge >= 0.3 is 0 Å². The van der Waals surface area contributed by atoms with Crippen molar-refractivity contribution in [1.82, 2.24) is 0 Å². The maximum atomic E-state index is 12.8. The van der Waals surface area contributed by atoms with Crippen molar-refractivity contribution in [1.29, 1.82) is 0 Å². The van der Waals surface area contributed by atoms with Crippen LogP contribution in [-0.4, -0.2) is 11.5 Å². The van der Waals surface area contributed by atoms with E-state index in [0.29, 0.717) is 0 Å². The monoisotopic (exact) mass is 248 g/mol. The summed E-state index contributed by atoms with van der Waals surface area (Å²) in [5.41, 5.74) is -1.94. The smallest absolute Gasteiger partial charge is 0.268 e. The normalized spacial score (nSPS) is 13.3. The molecule has 0 aliphatic rings. The lowest BCUT2D eigenvalue weighted by Crippen LogP contribution is -2.16. The van der Waals surface area contributed by atoms with E-state index in [1.54, 1.807) is 0 Å². The van der Waals surface area contributed by atoms with Crippen LogP contribution in [-0.2, 0) is 0 Å². The first-order valence-corrected chi connectivity index (χ1v) is 3.76. The van der Waals surface area contributed by atoms with Crippen LogP contribution >= 0.6 is 0 Å². The average Bonchev–Trinajstić information content (AvgIpc) is 2.23. The number of benzene rings is 1. The standard InChI is InChI=1S/C8H3F7O/c9-2-1(7(16)8(14)15)3(10)5(12)6(13)4(2)11/h7-8,16H. The van der Waals surface area contributed by atoms with Crippen LogP contribution in [0, 0.1) is 29.1 Å². The summed E-state index contributed by atoms with van der Waals surface area (Å²) in [6.45, 7) is 0. The largest absolute Gasteiger partial charge is 0.382 e. The van der Waals surface area contributed by atoms with Gasteiger partial charge in [0.25, 0.3) is 6.43 Å². The molecule has 1 unspecified atom stereocenters. The van der Waals surface area contributed by atoms with Gasteiger partial charge in [0.2, 0.25) is 5.82 Å². The molecule has 1 N–H and O–H groups in total. The molecule has 0 heterocycles. The van der Waals surface area contributed by atoms with Crippen LogP contribution in [0.1, 0.15) is 11.7 Å². The van der Waals surface area contributed by atoms with Gasteiger partial charge in [0.05, 0.1) is 5.56 Å². The van der Waals surface area contributed by atoms with E-state index in [1.807, 2.05) is 0 Å². The Hall–Kier alpha value is -1.31. The Balaban J connectivity index is 3.51.